The molecular formula is C20H25N7. The highest BCUT2D eigenvalue weighted by atomic mass is 15.2. The van der Waals surface area contributed by atoms with Gasteiger partial charge in [0.15, 0.2) is 0 Å². The summed E-state index contributed by atoms with van der Waals surface area (Å²) in [6, 6.07) is 8.26. The van der Waals surface area contributed by atoms with Gasteiger partial charge in [0.2, 0.25) is 5.95 Å². The van der Waals surface area contributed by atoms with Crippen LogP contribution >= 0.6 is 0 Å². The van der Waals surface area contributed by atoms with Gasteiger partial charge in [0.25, 0.3) is 0 Å². The highest BCUT2D eigenvalue weighted by molar-refractivity contribution is 5.49. The second kappa shape index (κ2) is 7.84. The van der Waals surface area contributed by atoms with Gasteiger partial charge in [-0.05, 0) is 69.0 Å². The molecule has 1 fully saturated rings. The molecule has 3 aromatic rings. The number of H-pyrrole nitrogens is 1. The summed E-state index contributed by atoms with van der Waals surface area (Å²) in [5.41, 5.74) is 4.37. The van der Waals surface area contributed by atoms with Crippen LogP contribution < -0.4 is 5.32 Å². The lowest BCUT2D eigenvalue weighted by Crippen LogP contribution is -2.34. The SMILES string of the molecule is Cc1cc(C)nc(Nc2cc(C3CCCN(Cc4ccn[nH]4)C3)ccn2)n1. The molecule has 3 aromatic heterocycles. The van der Waals surface area contributed by atoms with Gasteiger partial charge in [-0.1, -0.05) is 0 Å². The molecule has 1 aliphatic rings. The number of anilines is 2. The second-order valence-corrected chi connectivity index (χ2v) is 7.23. The van der Waals surface area contributed by atoms with Crippen LogP contribution in [0.5, 0.6) is 0 Å². The maximum atomic E-state index is 4.45. The van der Waals surface area contributed by atoms with Crippen LogP contribution in [0.3, 0.4) is 0 Å². The molecule has 0 aliphatic carbocycles. The van der Waals surface area contributed by atoms with Crippen molar-refractivity contribution in [1.29, 1.82) is 0 Å². The van der Waals surface area contributed by atoms with Crippen LogP contribution in [0.2, 0.25) is 0 Å². The van der Waals surface area contributed by atoms with Crippen LogP contribution in [0.15, 0.2) is 36.7 Å². The first-order valence-corrected chi connectivity index (χ1v) is 9.41. The molecule has 4 rings (SSSR count). The molecule has 1 unspecified atom stereocenters. The Balaban J connectivity index is 1.46. The van der Waals surface area contributed by atoms with E-state index < -0.39 is 0 Å². The number of aryl methyl sites for hydroxylation is 2. The van der Waals surface area contributed by atoms with Gasteiger partial charge < -0.3 is 5.32 Å². The van der Waals surface area contributed by atoms with Crippen molar-refractivity contribution in [3.05, 3.63) is 59.3 Å². The molecule has 1 atom stereocenters. The summed E-state index contributed by atoms with van der Waals surface area (Å²) in [5.74, 6) is 1.90. The highest BCUT2D eigenvalue weighted by Gasteiger charge is 2.22. The lowest BCUT2D eigenvalue weighted by molar-refractivity contribution is 0.198. The van der Waals surface area contributed by atoms with E-state index in [-0.39, 0.29) is 0 Å². The minimum absolute atomic E-state index is 0.505. The third kappa shape index (κ3) is 4.49. The van der Waals surface area contributed by atoms with Crippen molar-refractivity contribution in [2.45, 2.75) is 39.2 Å². The summed E-state index contributed by atoms with van der Waals surface area (Å²) in [4.78, 5) is 15.8. The van der Waals surface area contributed by atoms with E-state index in [0.29, 0.717) is 11.9 Å². The molecule has 0 saturated carbocycles. The number of aromatic amines is 1. The summed E-state index contributed by atoms with van der Waals surface area (Å²) in [6.45, 7) is 7.04. The Kier molecular flexibility index (Phi) is 5.11. The first-order valence-electron chi connectivity index (χ1n) is 9.41. The minimum atomic E-state index is 0.505. The van der Waals surface area contributed by atoms with E-state index in [4.69, 9.17) is 0 Å². The van der Waals surface area contributed by atoms with E-state index in [1.807, 2.05) is 38.4 Å². The molecule has 2 N–H and O–H groups in total. The fourth-order valence-electron chi connectivity index (χ4n) is 3.75. The number of hydrogen-bond donors (Lipinski definition) is 2. The summed E-state index contributed by atoms with van der Waals surface area (Å²) >= 11 is 0. The van der Waals surface area contributed by atoms with Crippen LogP contribution in [-0.2, 0) is 6.54 Å². The summed E-state index contributed by atoms with van der Waals surface area (Å²) < 4.78 is 0. The monoisotopic (exact) mass is 363 g/mol. The first kappa shape index (κ1) is 17.6. The lowest BCUT2D eigenvalue weighted by Gasteiger charge is -2.32. The maximum Gasteiger partial charge on any atom is 0.228 e. The number of aromatic nitrogens is 5. The Labute approximate surface area is 159 Å². The molecule has 0 radical (unpaired) electrons. The number of hydrogen-bond acceptors (Lipinski definition) is 6. The van der Waals surface area contributed by atoms with E-state index >= 15 is 0 Å². The van der Waals surface area contributed by atoms with E-state index in [2.05, 4.69) is 47.5 Å². The number of nitrogens with one attached hydrogen (secondary N) is 2. The van der Waals surface area contributed by atoms with Crippen molar-refractivity contribution in [3.8, 4) is 0 Å². The van der Waals surface area contributed by atoms with Crippen molar-refractivity contribution in [1.82, 2.24) is 30.0 Å². The zero-order valence-electron chi connectivity index (χ0n) is 15.8. The Hall–Kier alpha value is -2.80. The number of pyridine rings is 1. The molecule has 27 heavy (non-hydrogen) atoms. The van der Waals surface area contributed by atoms with Gasteiger partial charge in [-0.3, -0.25) is 10.00 Å². The maximum absolute atomic E-state index is 4.45. The Bertz CT molecular complexity index is 871. The van der Waals surface area contributed by atoms with E-state index in [9.17, 15) is 0 Å². The predicted octanol–water partition coefficient (Wildman–Crippen LogP) is 3.33. The van der Waals surface area contributed by atoms with Crippen LogP contribution in [0, 0.1) is 13.8 Å². The molecule has 0 spiro atoms. The Morgan fingerprint density at radius 3 is 2.78 bits per heavy atom. The smallest absolute Gasteiger partial charge is 0.228 e. The predicted molar refractivity (Wildman–Crippen MR) is 105 cm³/mol. The summed E-state index contributed by atoms with van der Waals surface area (Å²) in [5, 5.41) is 10.4. The average Bonchev–Trinajstić information content (AvgIpc) is 3.14. The fourth-order valence-corrected chi connectivity index (χ4v) is 3.75. The van der Waals surface area contributed by atoms with E-state index in [0.717, 1.165) is 36.8 Å². The number of rotatable bonds is 5. The van der Waals surface area contributed by atoms with Crippen molar-refractivity contribution in [3.63, 3.8) is 0 Å². The van der Waals surface area contributed by atoms with Crippen LogP contribution in [0.4, 0.5) is 11.8 Å². The molecule has 0 bridgehead atoms. The van der Waals surface area contributed by atoms with Crippen molar-refractivity contribution >= 4 is 11.8 Å². The fraction of sp³-hybridized carbons (Fsp3) is 0.400. The van der Waals surface area contributed by atoms with E-state index in [1.54, 1.807) is 0 Å². The highest BCUT2D eigenvalue weighted by Crippen LogP contribution is 2.29. The summed E-state index contributed by atoms with van der Waals surface area (Å²) in [7, 11) is 0. The molecule has 1 aliphatic heterocycles. The first-order chi connectivity index (χ1) is 13.2. The normalized spacial score (nSPS) is 17.8. The number of piperidine rings is 1. The van der Waals surface area contributed by atoms with Gasteiger partial charge >= 0.3 is 0 Å². The molecule has 7 heteroatoms. The number of likely N-dealkylation sites (tertiary alicyclic amines) is 1. The molecule has 4 heterocycles. The Morgan fingerprint density at radius 1 is 1.15 bits per heavy atom. The molecular weight excluding hydrogens is 338 g/mol. The number of nitrogens with zero attached hydrogens (tertiary/aromatic N) is 5. The standard InChI is InChI=1S/C20H25N7/c1-14-10-15(2)24-20(23-14)25-19-11-16(5-7-21-19)17-4-3-9-27(12-17)13-18-6-8-22-26-18/h5-8,10-11,17H,3-4,9,12-13H2,1-2H3,(H,22,26)(H,21,23,24,25). The van der Waals surface area contributed by atoms with Crippen molar-refractivity contribution in [2.75, 3.05) is 18.4 Å². The lowest BCUT2D eigenvalue weighted by atomic mass is 9.91. The molecule has 7 nitrogen and oxygen atoms in total. The van der Waals surface area contributed by atoms with E-state index in [1.165, 1.54) is 24.1 Å². The average molecular weight is 363 g/mol. The van der Waals surface area contributed by atoms with Crippen molar-refractivity contribution < 1.29 is 0 Å². The largest absolute Gasteiger partial charge is 0.309 e. The van der Waals surface area contributed by atoms with Gasteiger partial charge in [0.1, 0.15) is 5.82 Å². The van der Waals surface area contributed by atoms with Crippen LogP contribution in [0.1, 0.15) is 41.4 Å². The second-order valence-electron chi connectivity index (χ2n) is 7.23. The zero-order chi connectivity index (χ0) is 18.6. The molecule has 140 valence electrons. The Morgan fingerprint density at radius 2 is 2.00 bits per heavy atom. The van der Waals surface area contributed by atoms with Gasteiger partial charge in [-0.25, -0.2) is 15.0 Å². The van der Waals surface area contributed by atoms with Crippen LogP contribution in [0.25, 0.3) is 0 Å². The van der Waals surface area contributed by atoms with Gasteiger partial charge in [-0.2, -0.15) is 5.10 Å². The van der Waals surface area contributed by atoms with Gasteiger partial charge in [0, 0.05) is 42.6 Å². The molecule has 0 amide bonds. The third-order valence-corrected chi connectivity index (χ3v) is 4.94. The molecule has 1 saturated heterocycles. The van der Waals surface area contributed by atoms with Gasteiger partial charge in [-0.15, -0.1) is 0 Å². The minimum Gasteiger partial charge on any atom is -0.309 e. The molecule has 0 aromatic carbocycles. The zero-order valence-corrected chi connectivity index (χ0v) is 15.8. The third-order valence-electron chi connectivity index (χ3n) is 4.94. The topological polar surface area (TPSA) is 82.6 Å². The quantitative estimate of drug-likeness (QED) is 0.723. The summed E-state index contributed by atoms with van der Waals surface area (Å²) in [6.07, 6.45) is 6.08. The van der Waals surface area contributed by atoms with Gasteiger partial charge in [0.05, 0.1) is 0 Å². The van der Waals surface area contributed by atoms with Crippen molar-refractivity contribution in [2.24, 2.45) is 0 Å². The van der Waals surface area contributed by atoms with Crippen LogP contribution in [-0.4, -0.2) is 43.1 Å².